The van der Waals surface area contributed by atoms with Gasteiger partial charge in [-0.15, -0.1) is 0 Å². The molecule has 0 saturated carbocycles. The van der Waals surface area contributed by atoms with Crippen LogP contribution in [0.15, 0.2) is 55.6 Å². The van der Waals surface area contributed by atoms with Gasteiger partial charge in [0.05, 0.1) is 18.5 Å². The van der Waals surface area contributed by atoms with Gasteiger partial charge in [0.1, 0.15) is 11.3 Å². The Balaban J connectivity index is 1.83. The third-order valence-electron chi connectivity index (χ3n) is 4.54. The van der Waals surface area contributed by atoms with Crippen LogP contribution in [0.2, 0.25) is 0 Å². The third-order valence-corrected chi connectivity index (χ3v) is 4.54. The highest BCUT2D eigenvalue weighted by Gasteiger charge is 2.18. The molecule has 0 aliphatic carbocycles. The van der Waals surface area contributed by atoms with Crippen LogP contribution in [-0.4, -0.2) is 20.9 Å². The number of aryl methyl sites for hydroxylation is 1. The van der Waals surface area contributed by atoms with Gasteiger partial charge in [0.2, 0.25) is 5.88 Å². The second-order valence-corrected chi connectivity index (χ2v) is 6.19. The maximum atomic E-state index is 12.3. The molecule has 0 radical (unpaired) electrons. The molecule has 3 heterocycles. The first-order chi connectivity index (χ1) is 13.1. The number of nitrogens with one attached hydrogen (secondary N) is 1. The summed E-state index contributed by atoms with van der Waals surface area (Å²) in [5.74, 6) is 0.0690. The lowest BCUT2D eigenvalue weighted by atomic mass is 10.0. The monoisotopic (exact) mass is 363 g/mol. The van der Waals surface area contributed by atoms with Crippen LogP contribution in [0.5, 0.6) is 5.88 Å². The molecule has 0 spiro atoms. The molecule has 3 aromatic rings. The zero-order valence-electron chi connectivity index (χ0n) is 14.6. The molecule has 0 saturated heterocycles. The Morgan fingerprint density at radius 2 is 2.11 bits per heavy atom. The smallest absolute Gasteiger partial charge is 0.331 e. The molecule has 4 rings (SSSR count). The zero-order chi connectivity index (χ0) is 19.0. The maximum Gasteiger partial charge on any atom is 0.331 e. The van der Waals surface area contributed by atoms with Gasteiger partial charge in [0.25, 0.3) is 5.56 Å². The van der Waals surface area contributed by atoms with Crippen molar-refractivity contribution in [3.8, 4) is 5.88 Å². The van der Waals surface area contributed by atoms with E-state index in [2.05, 4.69) is 9.98 Å². The number of allylic oxidation sites excluding steroid dienone is 1. The summed E-state index contributed by atoms with van der Waals surface area (Å²) >= 11 is 0. The van der Waals surface area contributed by atoms with Crippen molar-refractivity contribution >= 4 is 23.6 Å². The molecule has 136 valence electrons. The van der Waals surface area contributed by atoms with Gasteiger partial charge in [-0.1, -0.05) is 25.1 Å². The van der Waals surface area contributed by atoms with Gasteiger partial charge in [-0.3, -0.25) is 19.3 Å². The van der Waals surface area contributed by atoms with E-state index in [4.69, 9.17) is 4.42 Å². The molecule has 1 aliphatic heterocycles. The van der Waals surface area contributed by atoms with Crippen molar-refractivity contribution in [3.05, 3.63) is 79.9 Å². The Morgan fingerprint density at radius 1 is 1.26 bits per heavy atom. The summed E-state index contributed by atoms with van der Waals surface area (Å²) < 4.78 is 6.28. The predicted octanol–water partition coefficient (Wildman–Crippen LogP) is 2.70. The second-order valence-electron chi connectivity index (χ2n) is 6.19. The van der Waals surface area contributed by atoms with E-state index in [9.17, 15) is 14.7 Å². The van der Waals surface area contributed by atoms with Crippen molar-refractivity contribution in [2.24, 2.45) is 4.99 Å². The van der Waals surface area contributed by atoms with E-state index in [0.29, 0.717) is 11.3 Å². The van der Waals surface area contributed by atoms with E-state index in [1.165, 1.54) is 6.26 Å². The number of furan rings is 1. The molecule has 0 fully saturated rings. The Kier molecular flexibility index (Phi) is 4.12. The number of benzene rings is 1. The van der Waals surface area contributed by atoms with Crippen LogP contribution in [0.1, 0.15) is 29.4 Å². The lowest BCUT2D eigenvalue weighted by Crippen LogP contribution is -2.31. The van der Waals surface area contributed by atoms with Crippen LogP contribution in [0.4, 0.5) is 5.69 Å². The van der Waals surface area contributed by atoms with E-state index in [1.54, 1.807) is 24.4 Å². The van der Waals surface area contributed by atoms with Gasteiger partial charge >= 0.3 is 5.69 Å². The number of fused-ring (bicyclic) bond motifs is 1. The van der Waals surface area contributed by atoms with E-state index >= 15 is 0 Å². The normalized spacial score (nSPS) is 14.0. The van der Waals surface area contributed by atoms with E-state index < -0.39 is 17.1 Å². The highest BCUT2D eigenvalue weighted by Crippen LogP contribution is 2.36. The fourth-order valence-electron chi connectivity index (χ4n) is 3.15. The predicted molar refractivity (Wildman–Crippen MR) is 103 cm³/mol. The Hall–Kier alpha value is -3.61. The summed E-state index contributed by atoms with van der Waals surface area (Å²) in [5.41, 5.74) is 2.19. The Labute approximate surface area is 153 Å². The number of aromatic nitrogens is 2. The van der Waals surface area contributed by atoms with Crippen LogP contribution in [0.25, 0.3) is 11.6 Å². The van der Waals surface area contributed by atoms with Crippen molar-refractivity contribution in [3.63, 3.8) is 0 Å². The van der Waals surface area contributed by atoms with Crippen LogP contribution in [-0.2, 0) is 13.0 Å². The van der Waals surface area contributed by atoms with E-state index in [0.717, 1.165) is 27.8 Å². The average Bonchev–Trinajstić information content (AvgIpc) is 3.31. The highest BCUT2D eigenvalue weighted by atomic mass is 16.3. The summed E-state index contributed by atoms with van der Waals surface area (Å²) in [6.45, 7) is 2.06. The van der Waals surface area contributed by atoms with Gasteiger partial charge in [-0.25, -0.2) is 4.79 Å². The molecule has 7 heteroatoms. The van der Waals surface area contributed by atoms with Gasteiger partial charge in [-0.2, -0.15) is 0 Å². The summed E-state index contributed by atoms with van der Waals surface area (Å²) in [5, 5.41) is 10.6. The number of H-pyrrole nitrogens is 1. The van der Waals surface area contributed by atoms with Gasteiger partial charge in [0.15, 0.2) is 0 Å². The summed E-state index contributed by atoms with van der Waals surface area (Å²) in [6, 6.07) is 9.22. The second kappa shape index (κ2) is 6.60. The van der Waals surface area contributed by atoms with Crippen molar-refractivity contribution in [1.82, 2.24) is 9.55 Å². The quantitative estimate of drug-likeness (QED) is 0.744. The summed E-state index contributed by atoms with van der Waals surface area (Å²) in [4.78, 5) is 31.1. The molecular weight excluding hydrogens is 346 g/mol. The fourth-order valence-corrected chi connectivity index (χ4v) is 3.15. The summed E-state index contributed by atoms with van der Waals surface area (Å²) in [7, 11) is 0. The van der Waals surface area contributed by atoms with Crippen LogP contribution < -0.4 is 11.2 Å². The van der Waals surface area contributed by atoms with Crippen molar-refractivity contribution in [2.45, 2.75) is 19.9 Å². The summed E-state index contributed by atoms with van der Waals surface area (Å²) in [6.07, 6.45) is 5.52. The lowest BCUT2D eigenvalue weighted by molar-refractivity contribution is 0.392. The molecule has 0 bridgehead atoms. The number of nitrogens with zero attached hydrogens (tertiary/aromatic N) is 2. The Bertz CT molecular complexity index is 1180. The molecule has 1 aromatic carbocycles. The van der Waals surface area contributed by atoms with Gasteiger partial charge in [-0.05, 0) is 30.2 Å². The first kappa shape index (κ1) is 16.8. The molecule has 27 heavy (non-hydrogen) atoms. The molecule has 2 aromatic heterocycles. The highest BCUT2D eigenvalue weighted by molar-refractivity contribution is 6.21. The van der Waals surface area contributed by atoms with Gasteiger partial charge < -0.3 is 9.52 Å². The number of aromatic hydroxyl groups is 1. The fraction of sp³-hybridized carbons (Fsp3) is 0.150. The topological polar surface area (TPSA) is 101 Å². The minimum atomic E-state index is -0.704. The van der Waals surface area contributed by atoms with Crippen molar-refractivity contribution in [2.75, 3.05) is 0 Å². The molecular formula is C20H17N3O4. The van der Waals surface area contributed by atoms with Crippen molar-refractivity contribution in [1.29, 1.82) is 0 Å². The maximum absolute atomic E-state index is 12.3. The first-order valence-electron chi connectivity index (χ1n) is 8.55. The number of para-hydroxylation sites is 1. The Morgan fingerprint density at radius 3 is 2.85 bits per heavy atom. The minimum absolute atomic E-state index is 0.00245. The number of aliphatic imine (C=N–C) groups is 1. The molecule has 2 N–H and O–H groups in total. The minimum Gasteiger partial charge on any atom is -0.494 e. The average molecular weight is 363 g/mol. The molecule has 0 unspecified atom stereocenters. The standard InChI is InChI=1S/C20H17N3O4/c1-2-12-5-3-7-15-13(10-21-17(12)15)9-16-18(24)22-20(26)23(19(16)25)11-14-6-4-8-27-14/h3-10,25H,2,11H2,1H3,(H,22,24,26). The molecule has 0 atom stereocenters. The molecule has 7 nitrogen and oxygen atoms in total. The zero-order valence-corrected chi connectivity index (χ0v) is 14.6. The molecule has 1 aliphatic rings. The SMILES string of the molecule is CCc1cccc2c1N=CC2=Cc1c(O)n(Cc2ccco2)c(=O)[nH]c1=O. The van der Waals surface area contributed by atoms with Gasteiger partial charge in [0, 0.05) is 17.4 Å². The molecule has 0 amide bonds. The number of hydrogen-bond acceptors (Lipinski definition) is 5. The lowest BCUT2D eigenvalue weighted by Gasteiger charge is -2.09. The van der Waals surface area contributed by atoms with Crippen LogP contribution in [0.3, 0.4) is 0 Å². The van der Waals surface area contributed by atoms with Crippen molar-refractivity contribution < 1.29 is 9.52 Å². The first-order valence-corrected chi connectivity index (χ1v) is 8.55. The third kappa shape index (κ3) is 2.93. The van der Waals surface area contributed by atoms with Crippen LogP contribution in [0, 0.1) is 0 Å². The van der Waals surface area contributed by atoms with E-state index in [1.807, 2.05) is 25.1 Å². The van der Waals surface area contributed by atoms with Crippen LogP contribution >= 0.6 is 0 Å². The largest absolute Gasteiger partial charge is 0.494 e. The number of hydrogen-bond donors (Lipinski definition) is 2. The van der Waals surface area contributed by atoms with E-state index in [-0.39, 0.29) is 12.1 Å². The number of aromatic amines is 1. The number of rotatable bonds is 4.